The van der Waals surface area contributed by atoms with Crippen LogP contribution < -0.4 is 29.7 Å². The molecule has 44 heavy (non-hydrogen) atoms. The number of methoxy groups -OCH3 is 2. The lowest BCUT2D eigenvalue weighted by molar-refractivity contribution is -0.113. The molecule has 0 spiro atoms. The van der Waals surface area contributed by atoms with Crippen LogP contribution in [0.3, 0.4) is 0 Å². The Kier molecular flexibility index (Phi) is 12.0. The van der Waals surface area contributed by atoms with Crippen LogP contribution in [0.2, 0.25) is 10.0 Å². The molecular formula is C30H33Cl2N5O6S. The number of hydrogen-bond acceptors (Lipinski definition) is 9. The van der Waals surface area contributed by atoms with Gasteiger partial charge in [-0.2, -0.15) is 0 Å². The number of rotatable bonds is 10. The molecule has 2 N–H and O–H groups in total. The summed E-state index contributed by atoms with van der Waals surface area (Å²) in [6, 6.07) is 7.87. The fourth-order valence-electron chi connectivity index (χ4n) is 4.59. The first kappa shape index (κ1) is 33.2. The monoisotopic (exact) mass is 661 g/mol. The van der Waals surface area contributed by atoms with E-state index in [4.69, 9.17) is 42.1 Å². The van der Waals surface area contributed by atoms with Crippen molar-refractivity contribution in [3.8, 4) is 17.2 Å². The molecule has 14 heteroatoms. The first-order valence-corrected chi connectivity index (χ1v) is 15.4. The van der Waals surface area contributed by atoms with Crippen molar-refractivity contribution in [3.05, 3.63) is 65.4 Å². The summed E-state index contributed by atoms with van der Waals surface area (Å²) in [6.07, 6.45) is 4.59. The molecule has 0 radical (unpaired) electrons. The third kappa shape index (κ3) is 7.86. The molecular weight excluding hydrogens is 629 g/mol. The van der Waals surface area contributed by atoms with E-state index in [0.717, 1.165) is 25.9 Å². The van der Waals surface area contributed by atoms with Crippen molar-refractivity contribution in [2.75, 3.05) is 43.4 Å². The summed E-state index contributed by atoms with van der Waals surface area (Å²) >= 11 is 13.9. The standard InChI is InChI=1S/C28H29Cl2N5O6S.C2H4/c1-38-23-11-21(19(29)10-20(23)30)35-26-18(12-31-28(35)37)27(33-15-32-26)42-14-25(36)34-16-6-7-22(24(9-16)39-2)41-13-17-5-3-4-8-40-17;1-2/h6-7,9-11,15,17H,3-5,8,12-14H2,1-2H3,(H,31,37)(H,34,36);1-2H2. The van der Waals surface area contributed by atoms with Crippen LogP contribution in [-0.4, -0.2) is 61.2 Å². The lowest BCUT2D eigenvalue weighted by Crippen LogP contribution is -2.42. The number of thioether (sulfide) groups is 1. The topological polar surface area (TPSA) is 124 Å². The van der Waals surface area contributed by atoms with E-state index in [0.29, 0.717) is 56.7 Å². The van der Waals surface area contributed by atoms with Crippen molar-refractivity contribution in [2.24, 2.45) is 0 Å². The number of fused-ring (bicyclic) bond motifs is 1. The molecule has 1 unspecified atom stereocenters. The summed E-state index contributed by atoms with van der Waals surface area (Å²) < 4.78 is 22.4. The SMILES string of the molecule is C=C.COc1cc(N2C(=O)NCc3c(SCC(=O)Nc4ccc(OCC5CCCCO5)c(OC)c4)ncnc32)c(Cl)cc1Cl. The number of carbonyl (C=O) groups is 2. The Balaban J connectivity index is 0.00000216. The molecule has 1 fully saturated rings. The van der Waals surface area contributed by atoms with E-state index in [2.05, 4.69) is 33.8 Å². The van der Waals surface area contributed by atoms with Crippen LogP contribution in [0.1, 0.15) is 24.8 Å². The number of halogens is 2. The van der Waals surface area contributed by atoms with Crippen molar-refractivity contribution in [1.29, 1.82) is 0 Å². The Hall–Kier alpha value is -3.71. The zero-order valence-electron chi connectivity index (χ0n) is 24.4. The number of anilines is 3. The van der Waals surface area contributed by atoms with Crippen LogP contribution >= 0.6 is 35.0 Å². The van der Waals surface area contributed by atoms with Crippen molar-refractivity contribution >= 4 is 64.1 Å². The number of aromatic nitrogens is 2. The number of hydrogen-bond donors (Lipinski definition) is 2. The molecule has 234 valence electrons. The highest BCUT2D eigenvalue weighted by Gasteiger charge is 2.31. The quantitative estimate of drug-likeness (QED) is 0.140. The number of ether oxygens (including phenoxy) is 4. The molecule has 2 aliphatic heterocycles. The smallest absolute Gasteiger partial charge is 0.328 e. The number of benzene rings is 2. The predicted molar refractivity (Wildman–Crippen MR) is 172 cm³/mol. The van der Waals surface area contributed by atoms with Crippen LogP contribution in [0, 0.1) is 0 Å². The number of amides is 3. The summed E-state index contributed by atoms with van der Waals surface area (Å²) in [6.45, 7) is 7.38. The van der Waals surface area contributed by atoms with Crippen molar-refractivity contribution in [1.82, 2.24) is 15.3 Å². The van der Waals surface area contributed by atoms with E-state index in [1.54, 1.807) is 31.4 Å². The highest BCUT2D eigenvalue weighted by molar-refractivity contribution is 8.00. The van der Waals surface area contributed by atoms with Crippen LogP contribution in [0.15, 0.2) is 54.8 Å². The van der Waals surface area contributed by atoms with Gasteiger partial charge in [-0.1, -0.05) is 35.0 Å². The molecule has 0 aliphatic carbocycles. The lowest BCUT2D eigenvalue weighted by atomic mass is 10.1. The van der Waals surface area contributed by atoms with Gasteiger partial charge >= 0.3 is 6.03 Å². The van der Waals surface area contributed by atoms with E-state index in [-0.39, 0.29) is 29.3 Å². The Morgan fingerprint density at radius 3 is 2.64 bits per heavy atom. The second-order valence-electron chi connectivity index (χ2n) is 9.42. The highest BCUT2D eigenvalue weighted by Crippen LogP contribution is 2.41. The minimum Gasteiger partial charge on any atom is -0.495 e. The largest absolute Gasteiger partial charge is 0.495 e. The number of urea groups is 1. The summed E-state index contributed by atoms with van der Waals surface area (Å²) in [7, 11) is 3.02. The zero-order valence-corrected chi connectivity index (χ0v) is 26.7. The molecule has 3 aromatic rings. The maximum Gasteiger partial charge on any atom is 0.328 e. The van der Waals surface area contributed by atoms with Crippen LogP contribution in [-0.2, 0) is 16.1 Å². The van der Waals surface area contributed by atoms with Gasteiger partial charge in [0.15, 0.2) is 17.3 Å². The fourth-order valence-corrected chi connectivity index (χ4v) is 5.93. The Bertz CT molecular complexity index is 1490. The van der Waals surface area contributed by atoms with Gasteiger partial charge in [-0.3, -0.25) is 4.79 Å². The van der Waals surface area contributed by atoms with Gasteiger partial charge in [0.25, 0.3) is 0 Å². The second kappa shape index (κ2) is 15.8. The van der Waals surface area contributed by atoms with Gasteiger partial charge in [0.1, 0.15) is 23.7 Å². The van der Waals surface area contributed by atoms with E-state index in [1.165, 1.54) is 36.2 Å². The lowest BCUT2D eigenvalue weighted by Gasteiger charge is -2.30. The maximum absolute atomic E-state index is 12.9. The molecule has 2 aliphatic rings. The molecule has 2 aromatic carbocycles. The first-order valence-electron chi connectivity index (χ1n) is 13.7. The van der Waals surface area contributed by atoms with E-state index in [9.17, 15) is 9.59 Å². The maximum atomic E-state index is 12.9. The average Bonchev–Trinajstić information content (AvgIpc) is 3.05. The molecule has 1 aromatic heterocycles. The van der Waals surface area contributed by atoms with Crippen molar-refractivity contribution in [3.63, 3.8) is 0 Å². The molecule has 1 saturated heterocycles. The minimum absolute atomic E-state index is 0.0620. The average molecular weight is 663 g/mol. The molecule has 3 heterocycles. The van der Waals surface area contributed by atoms with Gasteiger partial charge in [0, 0.05) is 30.0 Å². The second-order valence-corrected chi connectivity index (χ2v) is 11.2. The van der Waals surface area contributed by atoms with Crippen LogP contribution in [0.5, 0.6) is 17.2 Å². The number of nitrogens with one attached hydrogen (secondary N) is 2. The Morgan fingerprint density at radius 1 is 1.11 bits per heavy atom. The molecule has 3 amide bonds. The molecule has 5 rings (SSSR count). The fraction of sp³-hybridized carbons (Fsp3) is 0.333. The Morgan fingerprint density at radius 2 is 1.91 bits per heavy atom. The number of nitrogens with zero attached hydrogens (tertiary/aromatic N) is 3. The van der Waals surface area contributed by atoms with Crippen LogP contribution in [0.25, 0.3) is 0 Å². The van der Waals surface area contributed by atoms with Gasteiger partial charge in [-0.05, 0) is 37.5 Å². The zero-order chi connectivity index (χ0) is 31.6. The van der Waals surface area contributed by atoms with Crippen molar-refractivity contribution in [2.45, 2.75) is 36.9 Å². The van der Waals surface area contributed by atoms with Gasteiger partial charge in [-0.15, -0.1) is 13.2 Å². The number of carbonyl (C=O) groups excluding carboxylic acids is 2. The Labute approximate surface area is 270 Å². The van der Waals surface area contributed by atoms with E-state index >= 15 is 0 Å². The van der Waals surface area contributed by atoms with Crippen molar-refractivity contribution < 1.29 is 28.5 Å². The van der Waals surface area contributed by atoms with Gasteiger partial charge in [-0.25, -0.2) is 19.7 Å². The summed E-state index contributed by atoms with van der Waals surface area (Å²) in [5, 5.41) is 6.78. The van der Waals surface area contributed by atoms with E-state index < -0.39 is 6.03 Å². The first-order chi connectivity index (χ1) is 21.4. The van der Waals surface area contributed by atoms with Gasteiger partial charge in [0.2, 0.25) is 5.91 Å². The minimum atomic E-state index is -0.422. The highest BCUT2D eigenvalue weighted by atomic mass is 35.5. The summed E-state index contributed by atoms with van der Waals surface area (Å²) in [5.74, 6) is 1.60. The summed E-state index contributed by atoms with van der Waals surface area (Å²) in [4.78, 5) is 35.8. The summed E-state index contributed by atoms with van der Waals surface area (Å²) in [5.41, 5.74) is 1.55. The third-order valence-electron chi connectivity index (χ3n) is 6.66. The van der Waals surface area contributed by atoms with E-state index in [1.807, 2.05) is 0 Å². The normalized spacial score (nSPS) is 15.7. The van der Waals surface area contributed by atoms with Gasteiger partial charge < -0.3 is 29.6 Å². The third-order valence-corrected chi connectivity index (χ3v) is 8.29. The van der Waals surface area contributed by atoms with Crippen LogP contribution in [0.4, 0.5) is 22.0 Å². The van der Waals surface area contributed by atoms with Gasteiger partial charge in [0.05, 0.1) is 48.4 Å². The molecule has 1 atom stereocenters. The molecule has 0 saturated carbocycles. The molecule has 0 bridgehead atoms. The predicted octanol–water partition coefficient (Wildman–Crippen LogP) is 6.64. The molecule has 11 nitrogen and oxygen atoms in total.